The molecule has 1 spiro atoms. The SMILES string of the molecule is C[C@@H]1CN2C[C@H]3CCC4CCC5C(C(=O)OC[C@H]6O[C@@H](O[C@@H]7OC=C(C(=O)O)[C@H]8CC=C(CO)[C@@H]78)[C@H](O)[C@@H](O)[C@@H]6O)CC6(C2C1CC[C@@]36C)[C@]45O. The number of ether oxygens (including phenoxy) is 4. The third-order valence-corrected chi connectivity index (χ3v) is 16.1. The fraction of sp³-hybridized carbons (Fsp3) is 0.842. The largest absolute Gasteiger partial charge is 0.478 e. The first-order chi connectivity index (χ1) is 24.4. The predicted molar refractivity (Wildman–Crippen MR) is 176 cm³/mol. The van der Waals surface area contributed by atoms with E-state index in [1.807, 2.05) is 0 Å². The van der Waals surface area contributed by atoms with Crippen LogP contribution in [-0.2, 0) is 28.5 Å². The maximum atomic E-state index is 14.3. The average molecular weight is 716 g/mol. The zero-order valence-electron chi connectivity index (χ0n) is 29.4. The number of nitrogens with zero attached hydrogens (tertiary/aromatic N) is 1. The van der Waals surface area contributed by atoms with Gasteiger partial charge in [0.1, 0.15) is 31.0 Å². The van der Waals surface area contributed by atoms with Crippen LogP contribution in [0.3, 0.4) is 0 Å². The van der Waals surface area contributed by atoms with E-state index in [1.54, 1.807) is 6.08 Å². The summed E-state index contributed by atoms with van der Waals surface area (Å²) in [6, 6.07) is 0.244. The second kappa shape index (κ2) is 11.9. The van der Waals surface area contributed by atoms with E-state index in [2.05, 4.69) is 18.7 Å². The van der Waals surface area contributed by atoms with Crippen LogP contribution >= 0.6 is 0 Å². The summed E-state index contributed by atoms with van der Waals surface area (Å²) >= 11 is 0. The zero-order chi connectivity index (χ0) is 35.8. The van der Waals surface area contributed by atoms with Gasteiger partial charge in [0.15, 0.2) is 6.29 Å². The van der Waals surface area contributed by atoms with Crippen LogP contribution in [0.4, 0.5) is 0 Å². The topological polar surface area (TPSA) is 196 Å². The number of hydrogen-bond acceptors (Lipinski definition) is 12. The van der Waals surface area contributed by atoms with E-state index < -0.39 is 84.3 Å². The fourth-order valence-electron chi connectivity index (χ4n) is 13.9. The summed E-state index contributed by atoms with van der Waals surface area (Å²) in [6.07, 6.45) is 0.854. The van der Waals surface area contributed by atoms with Crippen LogP contribution in [0, 0.1) is 58.2 Å². The lowest BCUT2D eigenvalue weighted by Crippen LogP contribution is -2.73. The third-order valence-electron chi connectivity index (χ3n) is 16.1. The second-order valence-corrected chi connectivity index (χ2v) is 17.7. The van der Waals surface area contributed by atoms with Crippen molar-refractivity contribution in [2.24, 2.45) is 58.2 Å². The third kappa shape index (κ3) is 4.49. The Morgan fingerprint density at radius 3 is 2.55 bits per heavy atom. The van der Waals surface area contributed by atoms with Gasteiger partial charge in [0.25, 0.3) is 0 Å². The number of esters is 1. The van der Waals surface area contributed by atoms with Crippen LogP contribution in [0.2, 0.25) is 0 Å². The minimum Gasteiger partial charge on any atom is -0.478 e. The van der Waals surface area contributed by atoms with Gasteiger partial charge in [0.05, 0.1) is 35.9 Å². The highest BCUT2D eigenvalue weighted by Crippen LogP contribution is 2.79. The molecule has 0 amide bonds. The number of aliphatic carboxylic acids is 1. The second-order valence-electron chi connectivity index (χ2n) is 17.7. The van der Waals surface area contributed by atoms with Crippen LogP contribution < -0.4 is 0 Å². The van der Waals surface area contributed by atoms with Gasteiger partial charge in [-0.1, -0.05) is 19.9 Å². The first-order valence-electron chi connectivity index (χ1n) is 19.2. The van der Waals surface area contributed by atoms with Crippen molar-refractivity contribution in [1.82, 2.24) is 4.90 Å². The molecular weight excluding hydrogens is 662 g/mol. The molecule has 6 unspecified atom stereocenters. The van der Waals surface area contributed by atoms with Gasteiger partial charge < -0.3 is 49.6 Å². The molecule has 51 heavy (non-hydrogen) atoms. The minimum absolute atomic E-state index is 0.0331. The first-order valence-corrected chi connectivity index (χ1v) is 19.2. The molecule has 9 rings (SSSR count). The Morgan fingerprint density at radius 1 is 1.02 bits per heavy atom. The molecule has 13 nitrogen and oxygen atoms in total. The van der Waals surface area contributed by atoms with Crippen molar-refractivity contribution in [2.45, 2.75) is 114 Å². The maximum absolute atomic E-state index is 14.3. The molecule has 4 saturated carbocycles. The van der Waals surface area contributed by atoms with Gasteiger partial charge in [-0.25, -0.2) is 4.79 Å². The molecule has 0 aromatic carbocycles. The van der Waals surface area contributed by atoms with Gasteiger partial charge in [-0.05, 0) is 86.0 Å². The molecule has 18 atom stereocenters. The van der Waals surface area contributed by atoms with Gasteiger partial charge in [-0.3, -0.25) is 9.69 Å². The Balaban J connectivity index is 0.942. The molecule has 0 aromatic heterocycles. The Kier molecular flexibility index (Phi) is 8.12. The Morgan fingerprint density at radius 2 is 1.78 bits per heavy atom. The Hall–Kier alpha value is -2.10. The summed E-state index contributed by atoms with van der Waals surface area (Å²) in [5.74, 6) is -1.84. The van der Waals surface area contributed by atoms with E-state index >= 15 is 0 Å². The quantitative estimate of drug-likeness (QED) is 0.163. The fourth-order valence-corrected chi connectivity index (χ4v) is 13.9. The number of aliphatic hydroxyl groups excluding tert-OH is 4. The number of allylic oxidation sites excluding steroid dienone is 1. The van der Waals surface area contributed by atoms with Crippen molar-refractivity contribution in [3.63, 3.8) is 0 Å². The number of carboxylic acids is 1. The molecule has 4 aliphatic heterocycles. The predicted octanol–water partition coefficient (Wildman–Crippen LogP) is 1.16. The number of piperidine rings is 1. The summed E-state index contributed by atoms with van der Waals surface area (Å²) in [5.41, 5.74) is -0.878. The van der Waals surface area contributed by atoms with Crippen molar-refractivity contribution >= 4 is 11.9 Å². The lowest BCUT2D eigenvalue weighted by Gasteiger charge is -2.68. The van der Waals surface area contributed by atoms with Gasteiger partial charge >= 0.3 is 11.9 Å². The maximum Gasteiger partial charge on any atom is 0.335 e. The molecule has 0 aromatic rings. The van der Waals surface area contributed by atoms with Gasteiger partial charge in [0, 0.05) is 36.4 Å². The molecule has 6 N–H and O–H groups in total. The molecule has 13 heteroatoms. The van der Waals surface area contributed by atoms with Gasteiger partial charge in [-0.15, -0.1) is 0 Å². The van der Waals surface area contributed by atoms with Crippen molar-refractivity contribution in [1.29, 1.82) is 0 Å². The van der Waals surface area contributed by atoms with Crippen LogP contribution in [0.15, 0.2) is 23.5 Å². The summed E-state index contributed by atoms with van der Waals surface area (Å²) in [4.78, 5) is 28.8. The number of fused-ring (bicyclic) bond motifs is 1. The Bertz CT molecular complexity index is 1520. The van der Waals surface area contributed by atoms with Crippen LogP contribution in [-0.4, -0.2) is 122 Å². The molecule has 5 aliphatic carbocycles. The van der Waals surface area contributed by atoms with E-state index in [0.717, 1.165) is 57.9 Å². The molecule has 7 fully saturated rings. The van der Waals surface area contributed by atoms with E-state index in [-0.39, 0.29) is 35.5 Å². The van der Waals surface area contributed by atoms with E-state index in [4.69, 9.17) is 18.9 Å². The number of rotatable bonds is 7. The van der Waals surface area contributed by atoms with E-state index in [0.29, 0.717) is 36.2 Å². The summed E-state index contributed by atoms with van der Waals surface area (Å²) in [6.45, 7) is 6.13. The van der Waals surface area contributed by atoms with Crippen LogP contribution in [0.25, 0.3) is 0 Å². The van der Waals surface area contributed by atoms with E-state index in [9.17, 15) is 40.2 Å². The lowest BCUT2D eigenvalue weighted by atomic mass is 9.41. The van der Waals surface area contributed by atoms with Crippen LogP contribution in [0.1, 0.15) is 65.2 Å². The van der Waals surface area contributed by atoms with Crippen molar-refractivity contribution < 1.29 is 59.2 Å². The lowest BCUT2D eigenvalue weighted by molar-refractivity contribution is -0.340. The number of carbonyl (C=O) groups is 2. The highest BCUT2D eigenvalue weighted by atomic mass is 16.8. The number of aliphatic hydroxyl groups is 5. The van der Waals surface area contributed by atoms with Gasteiger partial charge in [-0.2, -0.15) is 0 Å². The zero-order valence-corrected chi connectivity index (χ0v) is 29.4. The van der Waals surface area contributed by atoms with Crippen molar-refractivity contribution in [3.05, 3.63) is 23.5 Å². The first kappa shape index (κ1) is 34.7. The monoisotopic (exact) mass is 715 g/mol. The number of carbonyl (C=O) groups excluding carboxylic acids is 1. The molecule has 3 saturated heterocycles. The molecular formula is C38H53NO12. The molecule has 282 valence electrons. The summed E-state index contributed by atoms with van der Waals surface area (Å²) in [7, 11) is 0. The molecule has 4 heterocycles. The van der Waals surface area contributed by atoms with E-state index in [1.165, 1.54) is 0 Å². The van der Waals surface area contributed by atoms with Crippen LogP contribution in [0.5, 0.6) is 0 Å². The minimum atomic E-state index is -1.70. The number of carboxylic acid groups (broad SMARTS) is 1. The standard InChI is InChI=1S/C38H53NO12/c1-17-12-39-13-20-5-4-19-6-8-25-23(11-37(38(19,25)47)31(39)21(17)9-10-36(20,37)2)33(46)48-16-26-28(41)29(42)30(43)35(50-26)51-34-27-18(14-40)3-7-22(27)24(15-49-34)32(44)45/h3,15,17,19-23,25-31,34-35,40-43,47H,4-14,16H2,1-2H3,(H,44,45)/t17-,19?,20-,21?,22-,23?,25?,26-,27-,28-,29+,30-,31?,34+,35+,36+,37?,38+/m1/s1. The highest BCUT2D eigenvalue weighted by molar-refractivity contribution is 5.87. The Labute approximate surface area is 297 Å². The van der Waals surface area contributed by atoms with Crippen molar-refractivity contribution in [2.75, 3.05) is 26.3 Å². The van der Waals surface area contributed by atoms with Gasteiger partial charge in [0.2, 0.25) is 6.29 Å². The normalized spacial score (nSPS) is 53.7. The highest BCUT2D eigenvalue weighted by Gasteiger charge is 2.82. The smallest absolute Gasteiger partial charge is 0.335 e. The van der Waals surface area contributed by atoms with Crippen molar-refractivity contribution in [3.8, 4) is 0 Å². The summed E-state index contributed by atoms with van der Waals surface area (Å²) in [5, 5.41) is 65.6. The average Bonchev–Trinajstić information content (AvgIpc) is 3.83. The molecule has 9 aliphatic rings. The molecule has 0 radical (unpaired) electrons. The number of hydrogen-bond donors (Lipinski definition) is 6. The molecule has 4 bridgehead atoms. The summed E-state index contributed by atoms with van der Waals surface area (Å²) < 4.78 is 23.6.